The van der Waals surface area contributed by atoms with Gasteiger partial charge in [-0.2, -0.15) is 5.10 Å². The molecule has 0 atom stereocenters. The highest BCUT2D eigenvalue weighted by atomic mass is 32.2. The summed E-state index contributed by atoms with van der Waals surface area (Å²) in [6, 6.07) is 13.2. The van der Waals surface area contributed by atoms with E-state index in [0.717, 1.165) is 21.7 Å². The molecule has 0 saturated heterocycles. The van der Waals surface area contributed by atoms with Crippen LogP contribution in [0.5, 0.6) is 0 Å². The molecular weight excluding hydrogens is 365 g/mol. The number of benzene rings is 2. The van der Waals surface area contributed by atoms with Crippen molar-refractivity contribution in [3.8, 4) is 5.69 Å². The first-order valence-corrected chi connectivity index (χ1v) is 9.06. The van der Waals surface area contributed by atoms with Crippen molar-refractivity contribution in [1.82, 2.24) is 19.7 Å². The number of nitrogens with zero attached hydrogens (tertiary/aromatic N) is 4. The zero-order valence-electron chi connectivity index (χ0n) is 14.0. The average Bonchev–Trinajstić information content (AvgIpc) is 3.12. The normalized spacial score (nSPS) is 11.0. The predicted octanol–water partition coefficient (Wildman–Crippen LogP) is 3.35. The van der Waals surface area contributed by atoms with Crippen molar-refractivity contribution in [3.63, 3.8) is 0 Å². The van der Waals surface area contributed by atoms with Gasteiger partial charge < -0.3 is 5.73 Å². The van der Waals surface area contributed by atoms with Crippen LogP contribution in [-0.2, 0) is 5.75 Å². The molecule has 0 bridgehead atoms. The van der Waals surface area contributed by atoms with Gasteiger partial charge in [-0.15, -0.1) is 11.8 Å². The summed E-state index contributed by atoms with van der Waals surface area (Å²) in [4.78, 5) is 19.8. The second kappa shape index (κ2) is 7.16. The maximum atomic E-state index is 13.2. The van der Waals surface area contributed by atoms with E-state index in [9.17, 15) is 9.18 Å². The van der Waals surface area contributed by atoms with Crippen LogP contribution in [0, 0.1) is 5.82 Å². The molecule has 0 unspecified atom stereocenters. The highest BCUT2D eigenvalue weighted by molar-refractivity contribution is 7.98. The van der Waals surface area contributed by atoms with Crippen molar-refractivity contribution in [3.05, 3.63) is 78.0 Å². The zero-order chi connectivity index (χ0) is 18.8. The molecule has 0 saturated carbocycles. The van der Waals surface area contributed by atoms with Crippen LogP contribution in [0.15, 0.2) is 66.1 Å². The van der Waals surface area contributed by atoms with Crippen LogP contribution in [0.2, 0.25) is 0 Å². The van der Waals surface area contributed by atoms with Crippen molar-refractivity contribution in [2.45, 2.75) is 10.8 Å². The van der Waals surface area contributed by atoms with Crippen LogP contribution < -0.4 is 5.73 Å². The molecule has 0 spiro atoms. The number of fused-ring (bicyclic) bond motifs is 1. The van der Waals surface area contributed by atoms with Gasteiger partial charge in [0.2, 0.25) is 5.91 Å². The molecule has 27 heavy (non-hydrogen) atoms. The van der Waals surface area contributed by atoms with E-state index in [1.54, 1.807) is 46.9 Å². The Morgan fingerprint density at radius 3 is 2.52 bits per heavy atom. The summed E-state index contributed by atoms with van der Waals surface area (Å²) in [6.45, 7) is 0. The monoisotopic (exact) mass is 379 g/mol. The Balaban J connectivity index is 1.59. The summed E-state index contributed by atoms with van der Waals surface area (Å²) in [5.74, 6) is -0.0734. The number of nitrogens with two attached hydrogens (primary N) is 1. The van der Waals surface area contributed by atoms with Crippen LogP contribution in [0.4, 0.5) is 4.39 Å². The molecule has 2 aromatic carbocycles. The molecule has 0 aliphatic heterocycles. The molecule has 1 amide bonds. The number of rotatable bonds is 5. The molecule has 0 aliphatic carbocycles. The Morgan fingerprint density at radius 2 is 1.81 bits per heavy atom. The average molecular weight is 379 g/mol. The molecule has 4 rings (SSSR count). The van der Waals surface area contributed by atoms with Gasteiger partial charge in [-0.25, -0.2) is 19.0 Å². The van der Waals surface area contributed by atoms with E-state index in [2.05, 4.69) is 15.1 Å². The Morgan fingerprint density at radius 1 is 1.07 bits per heavy atom. The first kappa shape index (κ1) is 17.2. The predicted molar refractivity (Wildman–Crippen MR) is 101 cm³/mol. The number of thioether (sulfide) groups is 1. The third-order valence-corrected chi connectivity index (χ3v) is 5.09. The minimum Gasteiger partial charge on any atom is -0.366 e. The van der Waals surface area contributed by atoms with E-state index in [0.29, 0.717) is 17.0 Å². The lowest BCUT2D eigenvalue weighted by molar-refractivity contribution is 0.100. The van der Waals surface area contributed by atoms with E-state index in [4.69, 9.17) is 5.73 Å². The quantitative estimate of drug-likeness (QED) is 0.424. The topological polar surface area (TPSA) is 86.7 Å². The largest absolute Gasteiger partial charge is 0.366 e. The number of halogens is 1. The van der Waals surface area contributed by atoms with E-state index >= 15 is 0 Å². The molecule has 2 aromatic heterocycles. The third kappa shape index (κ3) is 3.52. The fourth-order valence-corrected chi connectivity index (χ4v) is 3.54. The van der Waals surface area contributed by atoms with Crippen molar-refractivity contribution in [2.24, 2.45) is 5.73 Å². The Hall–Kier alpha value is -3.26. The molecule has 134 valence electrons. The Labute approximate surface area is 158 Å². The van der Waals surface area contributed by atoms with Gasteiger partial charge in [-0.05, 0) is 42.0 Å². The summed E-state index contributed by atoms with van der Waals surface area (Å²) >= 11 is 1.55. The maximum absolute atomic E-state index is 13.2. The van der Waals surface area contributed by atoms with Gasteiger partial charge in [-0.3, -0.25) is 4.79 Å². The summed E-state index contributed by atoms with van der Waals surface area (Å²) in [5, 5.41) is 5.99. The summed E-state index contributed by atoms with van der Waals surface area (Å²) in [5.41, 5.74) is 8.16. The molecule has 2 heterocycles. The molecule has 0 aliphatic rings. The molecule has 2 N–H and O–H groups in total. The van der Waals surface area contributed by atoms with E-state index in [1.165, 1.54) is 18.5 Å². The van der Waals surface area contributed by atoms with Crippen molar-refractivity contribution >= 4 is 28.7 Å². The molecule has 0 radical (unpaired) electrons. The van der Waals surface area contributed by atoms with Crippen LogP contribution in [-0.4, -0.2) is 25.7 Å². The number of primary amides is 1. The van der Waals surface area contributed by atoms with Crippen LogP contribution in [0.25, 0.3) is 16.7 Å². The van der Waals surface area contributed by atoms with Crippen LogP contribution in [0.1, 0.15) is 15.9 Å². The standard InChI is InChI=1S/C19H14FN5OS/c20-14-5-7-15(8-6-14)25-18-16(9-24-25)19(23-11-22-18)27-10-12-1-3-13(4-2-12)17(21)26/h1-9,11H,10H2,(H2,21,26). The van der Waals surface area contributed by atoms with Gasteiger partial charge >= 0.3 is 0 Å². The Kier molecular flexibility index (Phi) is 4.55. The van der Waals surface area contributed by atoms with Gasteiger partial charge in [0.15, 0.2) is 5.65 Å². The maximum Gasteiger partial charge on any atom is 0.248 e. The van der Waals surface area contributed by atoms with Crippen LogP contribution >= 0.6 is 11.8 Å². The van der Waals surface area contributed by atoms with Gasteiger partial charge in [0, 0.05) is 11.3 Å². The van der Waals surface area contributed by atoms with Gasteiger partial charge in [0.1, 0.15) is 17.2 Å². The lowest BCUT2D eigenvalue weighted by Crippen LogP contribution is -2.10. The molecule has 6 nitrogen and oxygen atoms in total. The van der Waals surface area contributed by atoms with Crippen LogP contribution in [0.3, 0.4) is 0 Å². The van der Waals surface area contributed by atoms with Gasteiger partial charge in [0.25, 0.3) is 0 Å². The first-order chi connectivity index (χ1) is 13.1. The summed E-state index contributed by atoms with van der Waals surface area (Å²) < 4.78 is 14.8. The van der Waals surface area contributed by atoms with E-state index in [1.807, 2.05) is 12.1 Å². The fraction of sp³-hybridized carbons (Fsp3) is 0.0526. The van der Waals surface area contributed by atoms with Gasteiger partial charge in [0.05, 0.1) is 17.3 Å². The van der Waals surface area contributed by atoms with Crippen molar-refractivity contribution < 1.29 is 9.18 Å². The number of aromatic nitrogens is 4. The number of carbonyl (C=O) groups excluding carboxylic acids is 1. The summed E-state index contributed by atoms with van der Waals surface area (Å²) in [6.07, 6.45) is 3.19. The minimum absolute atomic E-state index is 0.302. The van der Waals surface area contributed by atoms with Gasteiger partial charge in [-0.1, -0.05) is 12.1 Å². The first-order valence-electron chi connectivity index (χ1n) is 8.08. The third-order valence-electron chi connectivity index (χ3n) is 4.01. The van der Waals surface area contributed by atoms with Crippen molar-refractivity contribution in [2.75, 3.05) is 0 Å². The Bertz CT molecular complexity index is 1110. The lowest BCUT2D eigenvalue weighted by atomic mass is 10.1. The molecule has 4 aromatic rings. The molecular formula is C19H14FN5OS. The number of hydrogen-bond acceptors (Lipinski definition) is 5. The lowest BCUT2D eigenvalue weighted by Gasteiger charge is -2.05. The number of hydrogen-bond donors (Lipinski definition) is 1. The number of carbonyl (C=O) groups is 1. The minimum atomic E-state index is -0.445. The highest BCUT2D eigenvalue weighted by Crippen LogP contribution is 2.28. The fourth-order valence-electron chi connectivity index (χ4n) is 2.63. The van der Waals surface area contributed by atoms with E-state index < -0.39 is 5.91 Å². The second-order valence-electron chi connectivity index (χ2n) is 5.80. The summed E-state index contributed by atoms with van der Waals surface area (Å²) in [7, 11) is 0. The molecule has 0 fully saturated rings. The zero-order valence-corrected chi connectivity index (χ0v) is 14.9. The number of amides is 1. The smallest absolute Gasteiger partial charge is 0.248 e. The second-order valence-corrected chi connectivity index (χ2v) is 6.76. The van der Waals surface area contributed by atoms with Crippen molar-refractivity contribution in [1.29, 1.82) is 0 Å². The highest BCUT2D eigenvalue weighted by Gasteiger charge is 2.12. The SMILES string of the molecule is NC(=O)c1ccc(CSc2ncnc3c2cnn3-c2ccc(F)cc2)cc1. The molecule has 8 heteroatoms. The van der Waals surface area contributed by atoms with E-state index in [-0.39, 0.29) is 5.82 Å².